The highest BCUT2D eigenvalue weighted by Crippen LogP contribution is 2.22. The number of hydrogen-bond acceptors (Lipinski definition) is 4. The Labute approximate surface area is 116 Å². The molecule has 0 saturated carbocycles. The van der Waals surface area contributed by atoms with Gasteiger partial charge in [0.05, 0.1) is 24.9 Å². The van der Waals surface area contributed by atoms with Crippen LogP contribution in [0.2, 0.25) is 0 Å². The number of likely N-dealkylation sites (N-methyl/N-ethyl adjacent to an activating group) is 1. The number of nitrogens with zero attached hydrogens (tertiary/aromatic N) is 1. The van der Waals surface area contributed by atoms with Crippen molar-refractivity contribution < 1.29 is 9.47 Å². The zero-order valence-electron chi connectivity index (χ0n) is 12.5. The first-order valence-corrected chi connectivity index (χ1v) is 7.15. The summed E-state index contributed by atoms with van der Waals surface area (Å²) >= 11 is 0. The average Bonchev–Trinajstić information content (AvgIpc) is 2.43. The predicted molar refractivity (Wildman–Crippen MR) is 77.5 cm³/mol. The molecule has 0 aromatic carbocycles. The lowest BCUT2D eigenvalue weighted by molar-refractivity contribution is 0.0475. The van der Waals surface area contributed by atoms with Crippen molar-refractivity contribution in [1.29, 1.82) is 0 Å². The van der Waals surface area contributed by atoms with Crippen LogP contribution in [-0.2, 0) is 4.74 Å². The van der Waals surface area contributed by atoms with Gasteiger partial charge in [-0.3, -0.25) is 4.98 Å². The third-order valence-electron chi connectivity index (χ3n) is 2.89. The van der Waals surface area contributed by atoms with Crippen LogP contribution in [-0.4, -0.2) is 30.8 Å². The quantitative estimate of drug-likeness (QED) is 0.746. The van der Waals surface area contributed by atoms with Crippen LogP contribution in [0.4, 0.5) is 0 Å². The summed E-state index contributed by atoms with van der Waals surface area (Å²) in [5.41, 5.74) is 1.11. The van der Waals surface area contributed by atoms with Crippen LogP contribution in [0, 0.1) is 0 Å². The van der Waals surface area contributed by atoms with E-state index in [9.17, 15) is 0 Å². The maximum atomic E-state index is 5.70. The second-order valence-corrected chi connectivity index (χ2v) is 4.50. The summed E-state index contributed by atoms with van der Waals surface area (Å²) in [6, 6.07) is 2.19. The minimum atomic E-state index is 0.105. The van der Waals surface area contributed by atoms with Gasteiger partial charge in [-0.05, 0) is 38.4 Å². The van der Waals surface area contributed by atoms with Crippen molar-refractivity contribution in [3.8, 4) is 5.75 Å². The van der Waals surface area contributed by atoms with Crippen molar-refractivity contribution in [2.75, 3.05) is 19.8 Å². The molecule has 0 spiro atoms. The second kappa shape index (κ2) is 8.88. The molecule has 0 aliphatic rings. The molecule has 2 atom stereocenters. The molecule has 1 heterocycles. The van der Waals surface area contributed by atoms with Gasteiger partial charge in [0.25, 0.3) is 0 Å². The maximum Gasteiger partial charge on any atom is 0.137 e. The minimum Gasteiger partial charge on any atom is -0.492 e. The van der Waals surface area contributed by atoms with Crippen LogP contribution in [0.5, 0.6) is 5.75 Å². The summed E-state index contributed by atoms with van der Waals surface area (Å²) in [6.07, 6.45) is 4.74. The lowest BCUT2D eigenvalue weighted by atomic mass is 10.0. The van der Waals surface area contributed by atoms with Crippen molar-refractivity contribution in [3.63, 3.8) is 0 Å². The van der Waals surface area contributed by atoms with Gasteiger partial charge in [0, 0.05) is 12.8 Å². The Morgan fingerprint density at radius 1 is 1.26 bits per heavy atom. The summed E-state index contributed by atoms with van der Waals surface area (Å²) in [4.78, 5) is 4.26. The Morgan fingerprint density at radius 2 is 2.05 bits per heavy atom. The van der Waals surface area contributed by atoms with Crippen LogP contribution in [0.1, 0.15) is 45.7 Å². The normalized spacial score (nSPS) is 14.1. The molecule has 0 fully saturated rings. The van der Waals surface area contributed by atoms with Crippen LogP contribution < -0.4 is 10.1 Å². The fourth-order valence-corrected chi connectivity index (χ4v) is 2.04. The lowest BCUT2D eigenvalue weighted by Gasteiger charge is -2.25. The molecule has 0 bridgehead atoms. The maximum absolute atomic E-state index is 5.70. The molecule has 1 aromatic heterocycles. The molecule has 4 nitrogen and oxygen atoms in total. The first kappa shape index (κ1) is 15.9. The predicted octanol–water partition coefficient (Wildman–Crippen LogP) is 2.95. The van der Waals surface area contributed by atoms with E-state index < -0.39 is 0 Å². The first-order valence-electron chi connectivity index (χ1n) is 7.15. The molecule has 1 N–H and O–H groups in total. The van der Waals surface area contributed by atoms with Crippen molar-refractivity contribution in [1.82, 2.24) is 10.3 Å². The van der Waals surface area contributed by atoms with E-state index in [-0.39, 0.29) is 12.1 Å². The Balaban J connectivity index is 2.82. The Bertz CT molecular complexity index is 358. The zero-order chi connectivity index (χ0) is 14.1. The van der Waals surface area contributed by atoms with E-state index in [1.54, 1.807) is 6.20 Å². The van der Waals surface area contributed by atoms with Gasteiger partial charge in [0.1, 0.15) is 5.75 Å². The van der Waals surface area contributed by atoms with E-state index in [1.807, 2.05) is 19.2 Å². The second-order valence-electron chi connectivity index (χ2n) is 4.50. The highest BCUT2D eigenvalue weighted by Gasteiger charge is 2.19. The number of hydrogen-bond donors (Lipinski definition) is 1. The highest BCUT2D eigenvalue weighted by atomic mass is 16.5. The van der Waals surface area contributed by atoms with Crippen LogP contribution in [0.3, 0.4) is 0 Å². The van der Waals surface area contributed by atoms with Gasteiger partial charge in [-0.1, -0.05) is 13.8 Å². The highest BCUT2D eigenvalue weighted by molar-refractivity contribution is 5.26. The molecular weight excluding hydrogens is 240 g/mol. The molecule has 4 heteroatoms. The topological polar surface area (TPSA) is 43.4 Å². The van der Waals surface area contributed by atoms with Crippen LogP contribution in [0.15, 0.2) is 18.5 Å². The fourth-order valence-electron chi connectivity index (χ4n) is 2.04. The first-order chi connectivity index (χ1) is 9.22. The molecule has 19 heavy (non-hydrogen) atoms. The van der Waals surface area contributed by atoms with Crippen molar-refractivity contribution >= 4 is 0 Å². The van der Waals surface area contributed by atoms with E-state index in [0.29, 0.717) is 6.61 Å². The van der Waals surface area contributed by atoms with Gasteiger partial charge < -0.3 is 14.8 Å². The van der Waals surface area contributed by atoms with Gasteiger partial charge in [0.2, 0.25) is 0 Å². The number of nitrogens with one attached hydrogen (secondary N) is 1. The number of pyridine rings is 1. The molecule has 2 unspecified atom stereocenters. The van der Waals surface area contributed by atoms with Gasteiger partial charge >= 0.3 is 0 Å². The zero-order valence-corrected chi connectivity index (χ0v) is 12.5. The van der Waals surface area contributed by atoms with Gasteiger partial charge in [-0.15, -0.1) is 0 Å². The Morgan fingerprint density at radius 3 is 2.68 bits per heavy atom. The molecule has 0 aliphatic carbocycles. The van der Waals surface area contributed by atoms with Crippen LogP contribution >= 0.6 is 0 Å². The Kier molecular flexibility index (Phi) is 7.45. The third kappa shape index (κ3) is 5.17. The van der Waals surface area contributed by atoms with Gasteiger partial charge in [-0.25, -0.2) is 0 Å². The minimum absolute atomic E-state index is 0.105. The largest absolute Gasteiger partial charge is 0.492 e. The van der Waals surface area contributed by atoms with E-state index >= 15 is 0 Å². The summed E-state index contributed by atoms with van der Waals surface area (Å²) in [5.74, 6) is 0.825. The summed E-state index contributed by atoms with van der Waals surface area (Å²) < 4.78 is 11.3. The standard InChI is InChI=1S/C15H26N2O2/c1-5-8-19-14-9-13(10-16-11-14)15(17-6-2)12(4)18-7-3/h9-12,15,17H,5-8H2,1-4H3. The van der Waals surface area contributed by atoms with Crippen molar-refractivity contribution in [3.05, 3.63) is 24.0 Å². The lowest BCUT2D eigenvalue weighted by Crippen LogP contribution is -2.32. The smallest absolute Gasteiger partial charge is 0.137 e. The number of aromatic nitrogens is 1. The van der Waals surface area contributed by atoms with E-state index in [2.05, 4.69) is 31.1 Å². The van der Waals surface area contributed by atoms with Crippen LogP contribution in [0.25, 0.3) is 0 Å². The summed E-state index contributed by atoms with van der Waals surface area (Å²) in [6.45, 7) is 10.6. The average molecular weight is 266 g/mol. The molecule has 0 radical (unpaired) electrons. The number of rotatable bonds is 9. The van der Waals surface area contributed by atoms with Crippen molar-refractivity contribution in [2.45, 2.75) is 46.3 Å². The van der Waals surface area contributed by atoms with E-state index in [4.69, 9.17) is 9.47 Å². The monoisotopic (exact) mass is 266 g/mol. The SMILES string of the molecule is CCCOc1cncc(C(NCC)C(C)OCC)c1. The van der Waals surface area contributed by atoms with E-state index in [0.717, 1.165) is 30.9 Å². The molecule has 108 valence electrons. The molecule has 0 amide bonds. The van der Waals surface area contributed by atoms with Gasteiger partial charge in [0.15, 0.2) is 0 Å². The number of ether oxygens (including phenoxy) is 2. The molecule has 1 rings (SSSR count). The van der Waals surface area contributed by atoms with Gasteiger partial charge in [-0.2, -0.15) is 0 Å². The summed E-state index contributed by atoms with van der Waals surface area (Å²) in [5, 5.41) is 3.45. The summed E-state index contributed by atoms with van der Waals surface area (Å²) in [7, 11) is 0. The Hall–Kier alpha value is -1.13. The van der Waals surface area contributed by atoms with E-state index in [1.165, 1.54) is 0 Å². The fraction of sp³-hybridized carbons (Fsp3) is 0.667. The third-order valence-corrected chi connectivity index (χ3v) is 2.89. The van der Waals surface area contributed by atoms with Crippen molar-refractivity contribution in [2.24, 2.45) is 0 Å². The molecule has 0 saturated heterocycles. The molecule has 1 aromatic rings. The molecule has 0 aliphatic heterocycles. The molecular formula is C15H26N2O2.